The average Bonchev–Trinajstić information content (AvgIpc) is 2.48. The second-order valence-corrected chi connectivity index (χ2v) is 5.99. The highest BCUT2D eigenvalue weighted by Crippen LogP contribution is 2.49. The van der Waals surface area contributed by atoms with Crippen LogP contribution in [-0.2, 0) is 12.8 Å². The lowest BCUT2D eigenvalue weighted by molar-refractivity contribution is 0.313. The molecule has 0 aliphatic heterocycles. The van der Waals surface area contributed by atoms with E-state index in [1.165, 1.54) is 11.1 Å². The number of rotatable bonds is 2. The van der Waals surface area contributed by atoms with Gasteiger partial charge in [0.05, 0.1) is 0 Å². The third-order valence-electron chi connectivity index (χ3n) is 4.06. The minimum Gasteiger partial charge on any atom is -0.507 e. The smallest absolute Gasteiger partial charge is 0.123 e. The van der Waals surface area contributed by atoms with E-state index in [9.17, 15) is 5.11 Å². The van der Waals surface area contributed by atoms with Crippen LogP contribution in [0.25, 0.3) is 0 Å². The summed E-state index contributed by atoms with van der Waals surface area (Å²) in [4.78, 5) is 0. The first-order valence-corrected chi connectivity index (χ1v) is 6.48. The Kier molecular flexibility index (Phi) is 2.94. The van der Waals surface area contributed by atoms with Gasteiger partial charge in [0.15, 0.2) is 0 Å². The number of benzene rings is 1. The second kappa shape index (κ2) is 4.02. The summed E-state index contributed by atoms with van der Waals surface area (Å²) in [5.41, 5.74) is 10.9. The van der Waals surface area contributed by atoms with Gasteiger partial charge in [-0.05, 0) is 41.9 Å². The van der Waals surface area contributed by atoms with Gasteiger partial charge >= 0.3 is 0 Å². The van der Waals surface area contributed by atoms with Crippen LogP contribution in [0.3, 0.4) is 0 Å². The molecule has 1 aromatic rings. The number of nitrogens with two attached hydrogens (primary N) is 1. The molecule has 3 N–H and O–H groups in total. The van der Waals surface area contributed by atoms with Gasteiger partial charge in [0.1, 0.15) is 5.75 Å². The van der Waals surface area contributed by atoms with E-state index in [4.69, 9.17) is 5.73 Å². The standard InChI is InChI=1S/C15H23NO/c1-5-6-10-7-9(2)11-8-15(3,4)14(16)12(11)13(10)17/h7,14,17H,5-6,8,16H2,1-4H3/t14-/m1/s1. The van der Waals surface area contributed by atoms with Crippen molar-refractivity contribution >= 4 is 0 Å². The van der Waals surface area contributed by atoms with Crippen LogP contribution in [0.15, 0.2) is 6.07 Å². The van der Waals surface area contributed by atoms with Gasteiger partial charge in [-0.2, -0.15) is 0 Å². The lowest BCUT2D eigenvalue weighted by Gasteiger charge is -2.23. The molecule has 1 aliphatic carbocycles. The van der Waals surface area contributed by atoms with E-state index in [1.807, 2.05) is 0 Å². The minimum atomic E-state index is -0.0481. The summed E-state index contributed by atoms with van der Waals surface area (Å²) < 4.78 is 0. The van der Waals surface area contributed by atoms with E-state index in [1.54, 1.807) is 0 Å². The Hall–Kier alpha value is -1.02. The zero-order valence-electron chi connectivity index (χ0n) is 11.3. The Morgan fingerprint density at radius 2 is 2.12 bits per heavy atom. The van der Waals surface area contributed by atoms with Crippen LogP contribution in [-0.4, -0.2) is 5.11 Å². The molecule has 2 heteroatoms. The molecule has 1 aromatic carbocycles. The van der Waals surface area contributed by atoms with Crippen LogP contribution in [0.4, 0.5) is 0 Å². The number of hydrogen-bond donors (Lipinski definition) is 2. The minimum absolute atomic E-state index is 0.0481. The summed E-state index contributed by atoms with van der Waals surface area (Å²) >= 11 is 0. The fourth-order valence-corrected chi connectivity index (χ4v) is 2.93. The van der Waals surface area contributed by atoms with Crippen molar-refractivity contribution in [2.45, 2.75) is 53.0 Å². The maximum absolute atomic E-state index is 10.4. The van der Waals surface area contributed by atoms with Gasteiger partial charge in [0.25, 0.3) is 0 Å². The number of aryl methyl sites for hydroxylation is 2. The van der Waals surface area contributed by atoms with Crippen molar-refractivity contribution in [2.24, 2.45) is 11.1 Å². The highest BCUT2D eigenvalue weighted by Gasteiger charge is 2.39. The third kappa shape index (κ3) is 1.85. The zero-order chi connectivity index (χ0) is 12.8. The van der Waals surface area contributed by atoms with Crippen LogP contribution >= 0.6 is 0 Å². The molecule has 1 aliphatic rings. The van der Waals surface area contributed by atoms with Gasteiger partial charge in [0, 0.05) is 11.6 Å². The molecule has 2 nitrogen and oxygen atoms in total. The first-order valence-electron chi connectivity index (χ1n) is 6.48. The average molecular weight is 233 g/mol. The summed E-state index contributed by atoms with van der Waals surface area (Å²) in [5.74, 6) is 0.450. The topological polar surface area (TPSA) is 46.2 Å². The largest absolute Gasteiger partial charge is 0.507 e. The molecule has 0 fully saturated rings. The van der Waals surface area contributed by atoms with Crippen molar-refractivity contribution in [3.8, 4) is 5.75 Å². The Morgan fingerprint density at radius 1 is 1.47 bits per heavy atom. The molecule has 0 unspecified atom stereocenters. The molecule has 0 aromatic heterocycles. The van der Waals surface area contributed by atoms with Crippen molar-refractivity contribution in [1.82, 2.24) is 0 Å². The van der Waals surface area contributed by atoms with E-state index in [2.05, 4.69) is 33.8 Å². The van der Waals surface area contributed by atoms with Crippen LogP contribution in [0, 0.1) is 12.3 Å². The lowest BCUT2D eigenvalue weighted by atomic mass is 9.86. The normalized spacial score (nSPS) is 21.6. The third-order valence-corrected chi connectivity index (χ3v) is 4.06. The van der Waals surface area contributed by atoms with Crippen LogP contribution in [0.1, 0.15) is 55.5 Å². The van der Waals surface area contributed by atoms with E-state index in [0.29, 0.717) is 5.75 Å². The molecular formula is C15H23NO. The monoisotopic (exact) mass is 233 g/mol. The molecule has 0 saturated heterocycles. The summed E-state index contributed by atoms with van der Waals surface area (Å²) in [6.07, 6.45) is 2.94. The molecule has 1 atom stereocenters. The van der Waals surface area contributed by atoms with Gasteiger partial charge in [-0.25, -0.2) is 0 Å². The van der Waals surface area contributed by atoms with E-state index in [0.717, 1.165) is 30.4 Å². The molecule has 0 spiro atoms. The van der Waals surface area contributed by atoms with E-state index in [-0.39, 0.29) is 11.5 Å². The summed E-state index contributed by atoms with van der Waals surface area (Å²) in [6.45, 7) is 8.61. The fourth-order valence-electron chi connectivity index (χ4n) is 2.93. The molecule has 17 heavy (non-hydrogen) atoms. The molecule has 2 rings (SSSR count). The molecule has 0 saturated carbocycles. The molecule has 0 radical (unpaired) electrons. The van der Waals surface area contributed by atoms with Crippen molar-refractivity contribution in [3.63, 3.8) is 0 Å². The molecular weight excluding hydrogens is 210 g/mol. The second-order valence-electron chi connectivity index (χ2n) is 5.99. The van der Waals surface area contributed by atoms with Crippen LogP contribution in [0.2, 0.25) is 0 Å². The number of fused-ring (bicyclic) bond motifs is 1. The van der Waals surface area contributed by atoms with E-state index < -0.39 is 0 Å². The van der Waals surface area contributed by atoms with Crippen LogP contribution < -0.4 is 5.73 Å². The van der Waals surface area contributed by atoms with Crippen molar-refractivity contribution in [3.05, 3.63) is 28.3 Å². The Balaban J connectivity index is 2.59. The highest BCUT2D eigenvalue weighted by atomic mass is 16.3. The maximum atomic E-state index is 10.4. The Labute approximate surface area is 104 Å². The van der Waals surface area contributed by atoms with Gasteiger partial charge in [0.2, 0.25) is 0 Å². The number of aromatic hydroxyl groups is 1. The maximum Gasteiger partial charge on any atom is 0.123 e. The molecule has 0 bridgehead atoms. The highest BCUT2D eigenvalue weighted by molar-refractivity contribution is 5.54. The molecule has 0 heterocycles. The van der Waals surface area contributed by atoms with Gasteiger partial charge in [-0.1, -0.05) is 33.3 Å². The Morgan fingerprint density at radius 3 is 2.71 bits per heavy atom. The van der Waals surface area contributed by atoms with Gasteiger partial charge in [-0.3, -0.25) is 0 Å². The first-order chi connectivity index (χ1) is 7.88. The first kappa shape index (κ1) is 12.4. The summed E-state index contributed by atoms with van der Waals surface area (Å²) in [7, 11) is 0. The number of phenolic OH excluding ortho intramolecular Hbond substituents is 1. The van der Waals surface area contributed by atoms with Crippen molar-refractivity contribution in [2.75, 3.05) is 0 Å². The van der Waals surface area contributed by atoms with Gasteiger partial charge < -0.3 is 10.8 Å². The SMILES string of the molecule is CCCc1cc(C)c2c(c1O)[C@@H](N)C(C)(C)C2. The van der Waals surface area contributed by atoms with Crippen molar-refractivity contribution < 1.29 is 5.11 Å². The summed E-state index contributed by atoms with van der Waals surface area (Å²) in [5, 5.41) is 10.4. The van der Waals surface area contributed by atoms with E-state index >= 15 is 0 Å². The quantitative estimate of drug-likeness (QED) is 0.823. The van der Waals surface area contributed by atoms with Crippen LogP contribution in [0.5, 0.6) is 5.75 Å². The predicted molar refractivity (Wildman–Crippen MR) is 71.3 cm³/mol. The van der Waals surface area contributed by atoms with Gasteiger partial charge in [-0.15, -0.1) is 0 Å². The molecule has 94 valence electrons. The fraction of sp³-hybridized carbons (Fsp3) is 0.600. The van der Waals surface area contributed by atoms with Crippen molar-refractivity contribution in [1.29, 1.82) is 0 Å². The molecule has 0 amide bonds. The summed E-state index contributed by atoms with van der Waals surface area (Å²) in [6, 6.07) is 2.08. The predicted octanol–water partition coefficient (Wildman–Crippen LogP) is 3.24. The number of hydrogen-bond acceptors (Lipinski definition) is 2. The zero-order valence-corrected chi connectivity index (χ0v) is 11.3. The lowest BCUT2D eigenvalue weighted by Crippen LogP contribution is -2.24. The Bertz CT molecular complexity index is 449. The number of phenols is 1.